The van der Waals surface area contributed by atoms with E-state index in [1.807, 2.05) is 24.4 Å². The number of hydrogen-bond acceptors (Lipinski definition) is 7. The van der Waals surface area contributed by atoms with Crippen molar-refractivity contribution in [2.24, 2.45) is 4.99 Å². The Morgan fingerprint density at radius 2 is 2.07 bits per heavy atom. The Morgan fingerprint density at radius 3 is 2.61 bits per heavy atom. The Kier molecular flexibility index (Phi) is 11.0. The maximum absolute atomic E-state index is 11.3. The number of piperidine rings is 1. The molecule has 0 spiro atoms. The van der Waals surface area contributed by atoms with Crippen molar-refractivity contribution in [3.63, 3.8) is 0 Å². The van der Waals surface area contributed by atoms with Gasteiger partial charge in [0.25, 0.3) is 0 Å². The molecule has 0 unspecified atom stereocenters. The lowest BCUT2D eigenvalue weighted by molar-refractivity contribution is 0.216. The molecule has 1 aliphatic heterocycles. The summed E-state index contributed by atoms with van der Waals surface area (Å²) in [6, 6.07) is 0.352. The molecular formula is C17H33IN6O2S2. The lowest BCUT2D eigenvalue weighted by Crippen LogP contribution is -2.49. The Hall–Kier alpha value is -0.660. The summed E-state index contributed by atoms with van der Waals surface area (Å²) in [5.41, 5.74) is 0.969. The second-order valence-electron chi connectivity index (χ2n) is 7.10. The van der Waals surface area contributed by atoms with E-state index in [0.717, 1.165) is 49.3 Å². The van der Waals surface area contributed by atoms with Gasteiger partial charge in [-0.15, -0.1) is 35.3 Å². The summed E-state index contributed by atoms with van der Waals surface area (Å²) in [5.74, 6) is 1.05. The van der Waals surface area contributed by atoms with E-state index < -0.39 is 9.84 Å². The third kappa shape index (κ3) is 9.23. The molecule has 0 amide bonds. The molecular weight excluding hydrogens is 511 g/mol. The minimum atomic E-state index is -2.90. The molecule has 1 aromatic rings. The molecule has 0 atom stereocenters. The molecule has 0 bridgehead atoms. The van der Waals surface area contributed by atoms with Crippen molar-refractivity contribution in [3.8, 4) is 0 Å². The van der Waals surface area contributed by atoms with E-state index in [9.17, 15) is 8.42 Å². The maximum atomic E-state index is 11.3. The molecule has 1 fully saturated rings. The average molecular weight is 545 g/mol. The van der Waals surface area contributed by atoms with Crippen LogP contribution in [-0.4, -0.2) is 82.6 Å². The van der Waals surface area contributed by atoms with Gasteiger partial charge in [-0.3, -0.25) is 0 Å². The molecule has 0 aromatic carbocycles. The number of anilines is 1. The highest BCUT2D eigenvalue weighted by Crippen LogP contribution is 2.18. The normalized spacial score (nSPS) is 16.5. The van der Waals surface area contributed by atoms with E-state index in [1.165, 1.54) is 6.26 Å². The molecule has 1 saturated heterocycles. The van der Waals surface area contributed by atoms with Crippen LogP contribution in [0.2, 0.25) is 0 Å². The highest BCUT2D eigenvalue weighted by molar-refractivity contribution is 14.0. The molecule has 2 N–H and O–H groups in total. The van der Waals surface area contributed by atoms with Gasteiger partial charge in [-0.2, -0.15) is 0 Å². The van der Waals surface area contributed by atoms with E-state index in [-0.39, 0.29) is 29.7 Å². The molecule has 0 radical (unpaired) electrons. The number of hydrogen-bond donors (Lipinski definition) is 2. The van der Waals surface area contributed by atoms with Gasteiger partial charge in [0.05, 0.1) is 18.0 Å². The van der Waals surface area contributed by atoms with Crippen LogP contribution in [0.5, 0.6) is 0 Å². The number of likely N-dealkylation sites (tertiary alicyclic amines) is 1. The number of aromatic nitrogens is 1. The minimum Gasteiger partial charge on any atom is -0.357 e. The van der Waals surface area contributed by atoms with E-state index >= 15 is 0 Å². The second kappa shape index (κ2) is 12.1. The van der Waals surface area contributed by atoms with E-state index in [1.54, 1.807) is 11.3 Å². The first-order valence-electron chi connectivity index (χ1n) is 9.33. The summed E-state index contributed by atoms with van der Waals surface area (Å²) >= 11 is 1.62. The molecule has 2 heterocycles. The van der Waals surface area contributed by atoms with Gasteiger partial charge in [-0.05, 0) is 19.8 Å². The van der Waals surface area contributed by atoms with Crippen LogP contribution in [-0.2, 0) is 16.4 Å². The fourth-order valence-electron chi connectivity index (χ4n) is 2.84. The number of halogens is 1. The largest absolute Gasteiger partial charge is 0.357 e. The quantitative estimate of drug-likeness (QED) is 0.291. The number of sulfone groups is 1. The van der Waals surface area contributed by atoms with E-state index in [2.05, 4.69) is 32.4 Å². The fourth-order valence-corrected chi connectivity index (χ4v) is 4.18. The average Bonchev–Trinajstić information content (AvgIpc) is 3.08. The molecule has 11 heteroatoms. The molecule has 0 saturated carbocycles. The SMILES string of the molecule is CCNC(=NCc1csc(N(C)C)n1)NC1CCN(CCS(C)(=O)=O)CC1.I. The topological polar surface area (TPSA) is 89.9 Å². The Bertz CT molecular complexity index is 715. The summed E-state index contributed by atoms with van der Waals surface area (Å²) in [6.07, 6.45) is 3.26. The summed E-state index contributed by atoms with van der Waals surface area (Å²) in [4.78, 5) is 13.5. The van der Waals surface area contributed by atoms with Crippen LogP contribution in [0.4, 0.5) is 5.13 Å². The summed E-state index contributed by atoms with van der Waals surface area (Å²) in [7, 11) is 1.08. The first-order valence-corrected chi connectivity index (χ1v) is 12.3. The lowest BCUT2D eigenvalue weighted by Gasteiger charge is -2.32. The zero-order valence-corrected chi connectivity index (χ0v) is 21.1. The van der Waals surface area contributed by atoms with Crippen molar-refractivity contribution in [2.45, 2.75) is 32.4 Å². The molecule has 28 heavy (non-hydrogen) atoms. The minimum absolute atomic E-state index is 0. The monoisotopic (exact) mass is 544 g/mol. The van der Waals surface area contributed by atoms with Crippen LogP contribution in [0.3, 0.4) is 0 Å². The van der Waals surface area contributed by atoms with Gasteiger partial charge in [-0.1, -0.05) is 0 Å². The van der Waals surface area contributed by atoms with Crippen molar-refractivity contribution < 1.29 is 8.42 Å². The van der Waals surface area contributed by atoms with Gasteiger partial charge in [0.1, 0.15) is 9.84 Å². The first kappa shape index (κ1) is 25.4. The predicted octanol–water partition coefficient (Wildman–Crippen LogP) is 1.39. The van der Waals surface area contributed by atoms with Crippen LogP contribution in [0.25, 0.3) is 0 Å². The smallest absolute Gasteiger partial charge is 0.191 e. The zero-order valence-electron chi connectivity index (χ0n) is 17.1. The summed E-state index contributed by atoms with van der Waals surface area (Å²) in [6.45, 7) is 5.84. The summed E-state index contributed by atoms with van der Waals surface area (Å²) < 4.78 is 22.6. The maximum Gasteiger partial charge on any atom is 0.191 e. The van der Waals surface area contributed by atoms with Gasteiger partial charge in [0.15, 0.2) is 11.1 Å². The van der Waals surface area contributed by atoms with Crippen LogP contribution >= 0.6 is 35.3 Å². The Morgan fingerprint density at radius 1 is 1.39 bits per heavy atom. The van der Waals surface area contributed by atoms with Crippen LogP contribution < -0.4 is 15.5 Å². The summed E-state index contributed by atoms with van der Waals surface area (Å²) in [5, 5.41) is 9.84. The third-order valence-electron chi connectivity index (χ3n) is 4.37. The van der Waals surface area contributed by atoms with Crippen molar-refractivity contribution >= 4 is 56.2 Å². The number of nitrogens with zero attached hydrogens (tertiary/aromatic N) is 4. The molecule has 8 nitrogen and oxygen atoms in total. The van der Waals surface area contributed by atoms with Gasteiger partial charge < -0.3 is 20.4 Å². The molecule has 1 aromatic heterocycles. The molecule has 2 rings (SSSR count). The fraction of sp³-hybridized carbons (Fsp3) is 0.765. The Labute approximate surface area is 190 Å². The van der Waals surface area contributed by atoms with Gasteiger partial charge in [0, 0.05) is 58.0 Å². The van der Waals surface area contributed by atoms with Crippen molar-refractivity contribution in [1.29, 1.82) is 0 Å². The number of thiazole rings is 1. The van der Waals surface area contributed by atoms with E-state index in [0.29, 0.717) is 19.1 Å². The van der Waals surface area contributed by atoms with Crippen LogP contribution in [0.15, 0.2) is 10.4 Å². The van der Waals surface area contributed by atoms with Crippen LogP contribution in [0.1, 0.15) is 25.5 Å². The van der Waals surface area contributed by atoms with Crippen molar-refractivity contribution in [2.75, 3.05) is 57.2 Å². The number of nitrogens with one attached hydrogen (secondary N) is 2. The van der Waals surface area contributed by atoms with Gasteiger partial charge in [0.2, 0.25) is 0 Å². The van der Waals surface area contributed by atoms with E-state index in [4.69, 9.17) is 0 Å². The lowest BCUT2D eigenvalue weighted by atomic mass is 10.1. The Balaban J connectivity index is 0.00000392. The number of aliphatic imine (C=N–C) groups is 1. The number of guanidine groups is 1. The van der Waals surface area contributed by atoms with Gasteiger partial charge in [-0.25, -0.2) is 18.4 Å². The van der Waals surface area contributed by atoms with Crippen molar-refractivity contribution in [3.05, 3.63) is 11.1 Å². The third-order valence-corrected chi connectivity index (χ3v) is 6.35. The first-order chi connectivity index (χ1) is 12.8. The standard InChI is InChI=1S/C17H32N6O2S2.HI/c1-5-18-16(19-12-15-13-26-17(21-15)22(2)3)20-14-6-8-23(9-7-14)10-11-27(4,24)25;/h13-14H,5-12H2,1-4H3,(H2,18,19,20);1H. The molecule has 1 aliphatic rings. The second-order valence-corrected chi connectivity index (χ2v) is 10.2. The highest BCUT2D eigenvalue weighted by atomic mass is 127. The van der Waals surface area contributed by atoms with Gasteiger partial charge >= 0.3 is 0 Å². The van der Waals surface area contributed by atoms with Crippen molar-refractivity contribution in [1.82, 2.24) is 20.5 Å². The molecule has 162 valence electrons. The number of rotatable bonds is 8. The van der Waals surface area contributed by atoms with Crippen LogP contribution in [0, 0.1) is 0 Å². The predicted molar refractivity (Wildman–Crippen MR) is 129 cm³/mol. The zero-order chi connectivity index (χ0) is 19.9. The highest BCUT2D eigenvalue weighted by Gasteiger charge is 2.20. The molecule has 0 aliphatic carbocycles.